The van der Waals surface area contributed by atoms with E-state index in [9.17, 15) is 8.42 Å². The zero-order valence-electron chi connectivity index (χ0n) is 15.7. The highest BCUT2D eigenvalue weighted by Gasteiger charge is 2.26. The summed E-state index contributed by atoms with van der Waals surface area (Å²) in [5, 5.41) is 8.02. The van der Waals surface area contributed by atoms with Crippen LogP contribution in [0.1, 0.15) is 37.6 Å². The molecule has 0 fully saturated rings. The molecule has 0 radical (unpaired) electrons. The van der Waals surface area contributed by atoms with Crippen LogP contribution in [0.2, 0.25) is 0 Å². The van der Waals surface area contributed by atoms with E-state index in [1.54, 1.807) is 23.7 Å². The van der Waals surface area contributed by atoms with Crippen molar-refractivity contribution < 1.29 is 8.42 Å². The molecule has 0 aliphatic heterocycles. The Morgan fingerprint density at radius 3 is 2.19 bits per heavy atom. The van der Waals surface area contributed by atoms with Crippen molar-refractivity contribution in [2.24, 2.45) is 0 Å². The standard InChI is InChI=1S/C20H23N3O2S/c1-14-7-6-8-17(13-14)23-15(2)19(21-22-23)26(24,25)18-11-9-16(10-12-18)20(3,4)5/h6-13H,1-5H3. The molecule has 0 saturated carbocycles. The molecule has 0 spiro atoms. The van der Waals surface area contributed by atoms with Crippen LogP contribution in [0.4, 0.5) is 0 Å². The van der Waals surface area contributed by atoms with Gasteiger partial charge in [0.05, 0.1) is 16.3 Å². The van der Waals surface area contributed by atoms with E-state index in [-0.39, 0.29) is 15.3 Å². The Kier molecular flexibility index (Phi) is 4.48. The first-order valence-corrected chi connectivity index (χ1v) is 9.94. The molecule has 5 nitrogen and oxygen atoms in total. The van der Waals surface area contributed by atoms with Gasteiger partial charge in [-0.15, -0.1) is 5.10 Å². The Morgan fingerprint density at radius 2 is 1.62 bits per heavy atom. The maximum Gasteiger partial charge on any atom is 0.227 e. The van der Waals surface area contributed by atoms with Gasteiger partial charge in [-0.05, 0) is 54.7 Å². The van der Waals surface area contributed by atoms with Crippen molar-refractivity contribution >= 4 is 9.84 Å². The maximum atomic E-state index is 13.0. The van der Waals surface area contributed by atoms with Gasteiger partial charge in [0.1, 0.15) is 0 Å². The molecule has 0 amide bonds. The summed E-state index contributed by atoms with van der Waals surface area (Å²) in [5.41, 5.74) is 3.40. The first kappa shape index (κ1) is 18.3. The fourth-order valence-corrected chi connectivity index (χ4v) is 4.15. The Bertz CT molecular complexity index is 1040. The fourth-order valence-electron chi connectivity index (χ4n) is 2.81. The zero-order chi connectivity index (χ0) is 19.1. The number of benzene rings is 2. The summed E-state index contributed by atoms with van der Waals surface area (Å²) < 4.78 is 27.6. The van der Waals surface area contributed by atoms with Crippen molar-refractivity contribution in [3.8, 4) is 5.69 Å². The van der Waals surface area contributed by atoms with Crippen LogP contribution in [0.25, 0.3) is 5.69 Å². The number of sulfone groups is 1. The van der Waals surface area contributed by atoms with Gasteiger partial charge < -0.3 is 0 Å². The average molecular weight is 369 g/mol. The molecule has 2 aromatic carbocycles. The average Bonchev–Trinajstić information content (AvgIpc) is 2.96. The predicted molar refractivity (Wildman–Crippen MR) is 101 cm³/mol. The van der Waals surface area contributed by atoms with Gasteiger partial charge in [0.15, 0.2) is 0 Å². The number of hydrogen-bond acceptors (Lipinski definition) is 4. The molecule has 3 rings (SSSR count). The van der Waals surface area contributed by atoms with Crippen molar-refractivity contribution in [2.75, 3.05) is 0 Å². The minimum absolute atomic E-state index is 0.0116. The van der Waals surface area contributed by atoms with Crippen molar-refractivity contribution in [2.45, 2.75) is 50.0 Å². The van der Waals surface area contributed by atoms with E-state index in [2.05, 4.69) is 31.1 Å². The lowest BCUT2D eigenvalue weighted by atomic mass is 9.87. The summed E-state index contributed by atoms with van der Waals surface area (Å²) >= 11 is 0. The van der Waals surface area contributed by atoms with Crippen LogP contribution in [-0.4, -0.2) is 23.4 Å². The summed E-state index contributed by atoms with van der Waals surface area (Å²) in [6.07, 6.45) is 0. The smallest absolute Gasteiger partial charge is 0.217 e. The number of aryl methyl sites for hydroxylation is 1. The molecule has 1 heterocycles. The van der Waals surface area contributed by atoms with Crippen LogP contribution in [0, 0.1) is 13.8 Å². The third-order valence-corrected chi connectivity index (χ3v) is 6.16. The number of hydrogen-bond donors (Lipinski definition) is 0. The highest BCUT2D eigenvalue weighted by molar-refractivity contribution is 7.91. The molecule has 0 N–H and O–H groups in total. The van der Waals surface area contributed by atoms with Crippen molar-refractivity contribution in [3.05, 3.63) is 65.4 Å². The summed E-state index contributed by atoms with van der Waals surface area (Å²) in [6, 6.07) is 14.7. The van der Waals surface area contributed by atoms with Gasteiger partial charge in [-0.2, -0.15) is 0 Å². The van der Waals surface area contributed by atoms with Gasteiger partial charge in [-0.3, -0.25) is 0 Å². The van der Waals surface area contributed by atoms with Gasteiger partial charge in [0, 0.05) is 0 Å². The van der Waals surface area contributed by atoms with E-state index in [1.807, 2.05) is 43.3 Å². The normalized spacial score (nSPS) is 12.3. The number of nitrogens with zero attached hydrogens (tertiary/aromatic N) is 3. The van der Waals surface area contributed by atoms with Crippen LogP contribution >= 0.6 is 0 Å². The Labute approximate surface area is 154 Å². The van der Waals surface area contributed by atoms with Crippen LogP contribution in [0.3, 0.4) is 0 Å². The van der Waals surface area contributed by atoms with E-state index in [0.717, 1.165) is 16.8 Å². The lowest BCUT2D eigenvalue weighted by Crippen LogP contribution is -2.11. The summed E-state index contributed by atoms with van der Waals surface area (Å²) in [6.45, 7) is 9.97. The Balaban J connectivity index is 2.03. The summed E-state index contributed by atoms with van der Waals surface area (Å²) in [7, 11) is -3.72. The van der Waals surface area contributed by atoms with Crippen LogP contribution in [0.5, 0.6) is 0 Å². The van der Waals surface area contributed by atoms with Crippen molar-refractivity contribution in [3.63, 3.8) is 0 Å². The van der Waals surface area contributed by atoms with E-state index in [1.165, 1.54) is 0 Å². The van der Waals surface area contributed by atoms with Gasteiger partial charge in [-0.25, -0.2) is 13.1 Å². The quantitative estimate of drug-likeness (QED) is 0.699. The van der Waals surface area contributed by atoms with E-state index in [4.69, 9.17) is 0 Å². The molecule has 0 bridgehead atoms. The second-order valence-corrected chi connectivity index (χ2v) is 9.37. The number of aromatic nitrogens is 3. The first-order valence-electron chi connectivity index (χ1n) is 8.46. The van der Waals surface area contributed by atoms with Gasteiger partial charge in [0.2, 0.25) is 14.9 Å². The van der Waals surface area contributed by atoms with Crippen LogP contribution < -0.4 is 0 Å². The topological polar surface area (TPSA) is 64.8 Å². The largest absolute Gasteiger partial charge is 0.227 e. The molecular formula is C20H23N3O2S. The van der Waals surface area contributed by atoms with Gasteiger partial charge >= 0.3 is 0 Å². The Morgan fingerprint density at radius 1 is 0.962 bits per heavy atom. The van der Waals surface area contributed by atoms with Gasteiger partial charge in [0.25, 0.3) is 0 Å². The molecule has 0 atom stereocenters. The monoisotopic (exact) mass is 369 g/mol. The third-order valence-electron chi connectivity index (χ3n) is 4.38. The molecule has 0 saturated heterocycles. The minimum atomic E-state index is -3.72. The second-order valence-electron chi connectivity index (χ2n) is 7.51. The molecule has 0 aliphatic rings. The van der Waals surface area contributed by atoms with Crippen molar-refractivity contribution in [1.82, 2.24) is 15.0 Å². The van der Waals surface area contributed by atoms with Crippen molar-refractivity contribution in [1.29, 1.82) is 0 Å². The predicted octanol–water partition coefficient (Wildman–Crippen LogP) is 4.01. The summed E-state index contributed by atoms with van der Waals surface area (Å²) in [4.78, 5) is 0.227. The second kappa shape index (κ2) is 6.36. The van der Waals surface area contributed by atoms with Crippen LogP contribution in [-0.2, 0) is 15.3 Å². The lowest BCUT2D eigenvalue weighted by Gasteiger charge is -2.19. The molecule has 26 heavy (non-hydrogen) atoms. The fraction of sp³-hybridized carbons (Fsp3) is 0.300. The maximum absolute atomic E-state index is 13.0. The Hall–Kier alpha value is -2.47. The molecular weight excluding hydrogens is 346 g/mol. The molecule has 0 unspecified atom stereocenters. The third kappa shape index (κ3) is 3.29. The lowest BCUT2D eigenvalue weighted by molar-refractivity contribution is 0.584. The van der Waals surface area contributed by atoms with Gasteiger partial charge in [-0.1, -0.05) is 50.3 Å². The zero-order valence-corrected chi connectivity index (χ0v) is 16.5. The SMILES string of the molecule is Cc1cccc(-n2nnc(S(=O)(=O)c3ccc(C(C)(C)C)cc3)c2C)c1. The molecule has 136 valence electrons. The van der Waals surface area contributed by atoms with E-state index < -0.39 is 9.84 Å². The summed E-state index contributed by atoms with van der Waals surface area (Å²) in [5.74, 6) is 0. The highest BCUT2D eigenvalue weighted by Crippen LogP contribution is 2.27. The molecule has 3 aromatic rings. The van der Waals surface area contributed by atoms with E-state index in [0.29, 0.717) is 5.69 Å². The molecule has 1 aromatic heterocycles. The molecule has 0 aliphatic carbocycles. The highest BCUT2D eigenvalue weighted by atomic mass is 32.2. The minimum Gasteiger partial charge on any atom is -0.217 e. The molecule has 6 heteroatoms. The first-order chi connectivity index (χ1) is 12.1. The number of rotatable bonds is 3. The van der Waals surface area contributed by atoms with E-state index >= 15 is 0 Å². The van der Waals surface area contributed by atoms with Crippen LogP contribution in [0.15, 0.2) is 58.5 Å².